The molecule has 1 aliphatic carbocycles. The topological polar surface area (TPSA) is 72.5 Å². The number of Topliss-reactive ketones (excluding diaryl/α,β-unsaturated/α-hetero) is 1. The van der Waals surface area contributed by atoms with Gasteiger partial charge in [0.25, 0.3) is 5.91 Å². The van der Waals surface area contributed by atoms with Gasteiger partial charge in [-0.25, -0.2) is 0 Å². The number of hydrogen-bond donors (Lipinski definition) is 1. The molecule has 0 fully saturated rings. The van der Waals surface area contributed by atoms with E-state index in [0.717, 1.165) is 33.1 Å². The molecule has 5 heteroatoms. The van der Waals surface area contributed by atoms with E-state index < -0.39 is 0 Å². The number of rotatable bonds is 2. The van der Waals surface area contributed by atoms with E-state index in [9.17, 15) is 9.59 Å². The molecule has 0 unspecified atom stereocenters. The number of carbonyl (C=O) groups is 2. The van der Waals surface area contributed by atoms with Crippen molar-refractivity contribution in [3.63, 3.8) is 0 Å². The van der Waals surface area contributed by atoms with Crippen LogP contribution in [0.25, 0.3) is 33.2 Å². The first-order valence-electron chi connectivity index (χ1n) is 15.6. The Morgan fingerprint density at radius 2 is 1.02 bits per heavy atom. The number of carbonyl (C=O) groups excluding carboxylic acids is 2. The Morgan fingerprint density at radius 3 is 1.48 bits per heavy atom. The van der Waals surface area contributed by atoms with Crippen molar-refractivity contribution < 1.29 is 18.4 Å². The molecule has 0 spiro atoms. The molecule has 6 rings (SSSR count). The number of fused-ring (bicyclic) bond motifs is 3. The van der Waals surface area contributed by atoms with Crippen molar-refractivity contribution in [1.29, 1.82) is 0 Å². The molecule has 230 valence electrons. The zero-order valence-electron chi connectivity index (χ0n) is 28.3. The number of allylic oxidation sites excluding steroid dienone is 1. The Bertz CT molecular complexity index is 1820. The summed E-state index contributed by atoms with van der Waals surface area (Å²) in [5.74, 6) is 0.663. The summed E-state index contributed by atoms with van der Waals surface area (Å²) in [5.41, 5.74) is 7.69. The highest BCUT2D eigenvalue weighted by Crippen LogP contribution is 2.46. The van der Waals surface area contributed by atoms with Gasteiger partial charge in [-0.15, -0.1) is 0 Å². The molecule has 0 radical (unpaired) electrons. The van der Waals surface area contributed by atoms with Gasteiger partial charge >= 0.3 is 0 Å². The first kappa shape index (κ1) is 30.2. The average Bonchev–Trinajstić information content (AvgIpc) is 3.63. The predicted octanol–water partition coefficient (Wildman–Crippen LogP) is 9.64. The molecule has 44 heavy (non-hydrogen) atoms. The Balaban J connectivity index is 1.54. The van der Waals surface area contributed by atoms with Crippen molar-refractivity contribution in [2.45, 2.75) is 111 Å². The summed E-state index contributed by atoms with van der Waals surface area (Å²) >= 11 is 0. The maximum absolute atomic E-state index is 13.6. The molecule has 0 bridgehead atoms. The van der Waals surface area contributed by atoms with Crippen molar-refractivity contribution in [2.24, 2.45) is 0 Å². The van der Waals surface area contributed by atoms with Gasteiger partial charge < -0.3 is 14.2 Å². The molecule has 2 aromatic heterocycles. The van der Waals surface area contributed by atoms with Gasteiger partial charge in [-0.05, 0) is 57.1 Å². The summed E-state index contributed by atoms with van der Waals surface area (Å²) in [7, 11) is 0. The van der Waals surface area contributed by atoms with Gasteiger partial charge in [-0.1, -0.05) is 95.2 Å². The van der Waals surface area contributed by atoms with E-state index in [2.05, 4.69) is 113 Å². The Morgan fingerprint density at radius 1 is 0.568 bits per heavy atom. The van der Waals surface area contributed by atoms with Crippen LogP contribution in [-0.2, 0) is 31.2 Å². The average molecular weight is 592 g/mol. The van der Waals surface area contributed by atoms with Gasteiger partial charge in [-0.3, -0.25) is 9.59 Å². The lowest BCUT2D eigenvalue weighted by atomic mass is 9.80. The molecule has 0 saturated heterocycles. The molecule has 3 heterocycles. The molecular weight excluding hydrogens is 546 g/mol. The molecule has 2 aliphatic rings. The lowest BCUT2D eigenvalue weighted by molar-refractivity contribution is -0.116. The second-order valence-corrected chi connectivity index (χ2v) is 16.8. The van der Waals surface area contributed by atoms with Crippen molar-refractivity contribution in [2.75, 3.05) is 0 Å². The summed E-state index contributed by atoms with van der Waals surface area (Å²) in [6, 6.07) is 12.7. The van der Waals surface area contributed by atoms with Crippen LogP contribution >= 0.6 is 0 Å². The van der Waals surface area contributed by atoms with Crippen LogP contribution in [0, 0.1) is 0 Å². The zero-order valence-corrected chi connectivity index (χ0v) is 28.3. The highest BCUT2D eigenvalue weighted by molar-refractivity contribution is 6.31. The minimum atomic E-state index is -0.297. The molecule has 0 saturated carbocycles. The third kappa shape index (κ3) is 4.85. The third-order valence-corrected chi connectivity index (χ3v) is 9.01. The number of furan rings is 2. The van der Waals surface area contributed by atoms with E-state index in [1.165, 1.54) is 11.1 Å². The standard InChI is InChI=1S/C39H45NO4/c1-36(2,3)22-13-20-15-28(43-33(20)25(17-22)38(7,8)9)24-19-27(41)31-30(24)35(42)40-32(31)29-16-21-14-23(37(4,5)6)18-26(34(21)44-29)39(10,11)12/h13-18H,19H2,1-12H3,(H,40,42). The molecule has 2 aromatic carbocycles. The minimum Gasteiger partial charge on any atom is -0.456 e. The predicted molar refractivity (Wildman–Crippen MR) is 179 cm³/mol. The largest absolute Gasteiger partial charge is 0.456 e. The lowest BCUT2D eigenvalue weighted by Gasteiger charge is -2.25. The Labute approximate surface area is 260 Å². The third-order valence-electron chi connectivity index (χ3n) is 9.01. The number of nitrogens with one attached hydrogen (secondary N) is 1. The van der Waals surface area contributed by atoms with Crippen LogP contribution in [0.15, 0.2) is 56.4 Å². The molecule has 0 atom stereocenters. The van der Waals surface area contributed by atoms with Crippen molar-refractivity contribution >= 4 is 44.9 Å². The van der Waals surface area contributed by atoms with Gasteiger partial charge in [0.15, 0.2) is 11.5 Å². The fraction of sp³-hybridized carbons (Fsp3) is 0.436. The van der Waals surface area contributed by atoms with Gasteiger partial charge in [0.1, 0.15) is 16.9 Å². The Hall–Kier alpha value is -3.86. The smallest absolute Gasteiger partial charge is 0.257 e. The highest BCUT2D eigenvalue weighted by atomic mass is 16.3. The quantitative estimate of drug-likeness (QED) is 0.252. The summed E-state index contributed by atoms with van der Waals surface area (Å²) in [6.07, 6.45) is 0.111. The first-order chi connectivity index (χ1) is 20.1. The second kappa shape index (κ2) is 9.32. The first-order valence-corrected chi connectivity index (χ1v) is 15.6. The van der Waals surface area contributed by atoms with Crippen molar-refractivity contribution in [3.05, 3.63) is 81.3 Å². The summed E-state index contributed by atoms with van der Waals surface area (Å²) in [4.78, 5) is 27.2. The van der Waals surface area contributed by atoms with Crippen molar-refractivity contribution in [1.82, 2.24) is 5.32 Å². The van der Waals surface area contributed by atoms with Gasteiger partial charge in [-0.2, -0.15) is 0 Å². The molecular formula is C39H45NO4. The zero-order chi connectivity index (χ0) is 32.3. The van der Waals surface area contributed by atoms with Gasteiger partial charge in [0.05, 0.1) is 16.8 Å². The number of benzene rings is 2. The summed E-state index contributed by atoms with van der Waals surface area (Å²) in [6.45, 7) is 26.3. The van der Waals surface area contributed by atoms with Crippen LogP contribution < -0.4 is 5.32 Å². The maximum Gasteiger partial charge on any atom is 0.257 e. The van der Waals surface area contributed by atoms with Crippen LogP contribution in [0.4, 0.5) is 0 Å². The maximum atomic E-state index is 13.6. The van der Waals surface area contributed by atoms with E-state index in [1.807, 2.05) is 12.1 Å². The van der Waals surface area contributed by atoms with Gasteiger partial charge in [0.2, 0.25) is 0 Å². The van der Waals surface area contributed by atoms with E-state index >= 15 is 0 Å². The highest BCUT2D eigenvalue weighted by Gasteiger charge is 2.43. The van der Waals surface area contributed by atoms with E-state index in [1.54, 1.807) is 0 Å². The minimum absolute atomic E-state index is 0.0416. The molecule has 1 amide bonds. The molecule has 1 aliphatic heterocycles. The summed E-state index contributed by atoms with van der Waals surface area (Å²) in [5, 5.41) is 4.94. The monoisotopic (exact) mass is 591 g/mol. The van der Waals surface area contributed by atoms with E-state index in [4.69, 9.17) is 8.83 Å². The van der Waals surface area contributed by atoms with Crippen LogP contribution in [0.5, 0.6) is 0 Å². The fourth-order valence-corrected chi connectivity index (χ4v) is 6.33. The van der Waals surface area contributed by atoms with E-state index in [-0.39, 0.29) is 39.8 Å². The van der Waals surface area contributed by atoms with Gasteiger partial charge in [0, 0.05) is 33.9 Å². The number of ketones is 1. The van der Waals surface area contributed by atoms with Crippen LogP contribution in [0.2, 0.25) is 0 Å². The summed E-state index contributed by atoms with van der Waals surface area (Å²) < 4.78 is 13.0. The molecule has 5 nitrogen and oxygen atoms in total. The molecule has 4 aromatic rings. The SMILES string of the molecule is CC(C)(C)c1cc(C(C)(C)C)c2oc(C3=C4C(=O)NC(c5cc6cc(C(C)(C)C)cc(C(C)(C)C)c6o5)=C4C(=O)C3)cc2c1. The lowest BCUT2D eigenvalue weighted by Crippen LogP contribution is -2.16. The van der Waals surface area contributed by atoms with Crippen LogP contribution in [-0.4, -0.2) is 11.7 Å². The second-order valence-electron chi connectivity index (χ2n) is 16.8. The van der Waals surface area contributed by atoms with E-state index in [0.29, 0.717) is 33.9 Å². The number of amides is 1. The normalized spacial score (nSPS) is 16.6. The number of hydrogen-bond acceptors (Lipinski definition) is 4. The molecule has 1 N–H and O–H groups in total. The Kier molecular flexibility index (Phi) is 6.40. The van der Waals surface area contributed by atoms with Crippen molar-refractivity contribution in [3.8, 4) is 0 Å². The fourth-order valence-electron chi connectivity index (χ4n) is 6.33. The van der Waals surface area contributed by atoms with Crippen LogP contribution in [0.1, 0.15) is 123 Å². The van der Waals surface area contributed by atoms with Crippen LogP contribution in [0.3, 0.4) is 0 Å².